The van der Waals surface area contributed by atoms with Crippen molar-refractivity contribution in [2.75, 3.05) is 23.7 Å². The van der Waals surface area contributed by atoms with E-state index < -0.39 is 0 Å². The molecule has 0 atom stereocenters. The van der Waals surface area contributed by atoms with E-state index in [9.17, 15) is 0 Å². The molecule has 0 saturated heterocycles. The first-order valence-electron chi connectivity index (χ1n) is 8.75. The SMILES string of the molecule is Clc1ccc(CCNc2nncc(NCCCc3ccccc3)n2)cc1. The van der Waals surface area contributed by atoms with Crippen LogP contribution in [0.25, 0.3) is 0 Å². The van der Waals surface area contributed by atoms with Gasteiger partial charge in [0.1, 0.15) is 5.82 Å². The number of hydrogen-bond acceptors (Lipinski definition) is 5. The van der Waals surface area contributed by atoms with Gasteiger partial charge in [0.25, 0.3) is 0 Å². The van der Waals surface area contributed by atoms with Gasteiger partial charge in [0.2, 0.25) is 5.95 Å². The van der Waals surface area contributed by atoms with Gasteiger partial charge in [0.05, 0.1) is 6.20 Å². The number of nitrogens with one attached hydrogen (secondary N) is 2. The number of halogens is 1. The molecule has 2 aromatic carbocycles. The Kier molecular flexibility index (Phi) is 6.79. The van der Waals surface area contributed by atoms with E-state index in [1.54, 1.807) is 6.20 Å². The molecule has 3 rings (SSSR count). The van der Waals surface area contributed by atoms with Crippen molar-refractivity contribution in [1.29, 1.82) is 0 Å². The van der Waals surface area contributed by atoms with Crippen LogP contribution < -0.4 is 10.6 Å². The summed E-state index contributed by atoms with van der Waals surface area (Å²) in [5.74, 6) is 1.27. The van der Waals surface area contributed by atoms with Gasteiger partial charge in [-0.3, -0.25) is 0 Å². The topological polar surface area (TPSA) is 62.7 Å². The third kappa shape index (κ3) is 6.01. The molecule has 0 unspecified atom stereocenters. The molecule has 26 heavy (non-hydrogen) atoms. The van der Waals surface area contributed by atoms with Crippen LogP contribution in [0.4, 0.5) is 11.8 Å². The highest BCUT2D eigenvalue weighted by atomic mass is 35.5. The van der Waals surface area contributed by atoms with Gasteiger partial charge >= 0.3 is 0 Å². The van der Waals surface area contributed by atoms with Gasteiger partial charge in [0, 0.05) is 18.1 Å². The molecular weight excluding hydrogens is 346 g/mol. The summed E-state index contributed by atoms with van der Waals surface area (Å²) < 4.78 is 0. The van der Waals surface area contributed by atoms with E-state index in [0.717, 1.165) is 43.2 Å². The third-order valence-electron chi connectivity index (χ3n) is 3.96. The summed E-state index contributed by atoms with van der Waals surface area (Å²) in [5, 5.41) is 15.3. The van der Waals surface area contributed by atoms with E-state index in [-0.39, 0.29) is 0 Å². The van der Waals surface area contributed by atoms with E-state index in [0.29, 0.717) is 5.95 Å². The lowest BCUT2D eigenvalue weighted by Crippen LogP contribution is -2.11. The van der Waals surface area contributed by atoms with Crippen molar-refractivity contribution in [3.63, 3.8) is 0 Å². The van der Waals surface area contributed by atoms with Gasteiger partial charge in [-0.25, -0.2) is 0 Å². The lowest BCUT2D eigenvalue weighted by molar-refractivity contribution is 0.851. The average molecular weight is 368 g/mol. The van der Waals surface area contributed by atoms with Crippen molar-refractivity contribution in [1.82, 2.24) is 15.2 Å². The standard InChI is InChI=1S/C20H22ClN5/c21-18-10-8-17(9-11-18)12-14-23-20-25-19(15-24-26-20)22-13-4-7-16-5-2-1-3-6-16/h1-3,5-6,8-11,15H,4,7,12-14H2,(H2,22,23,25,26). The maximum Gasteiger partial charge on any atom is 0.244 e. The average Bonchev–Trinajstić information content (AvgIpc) is 2.68. The first-order chi connectivity index (χ1) is 12.8. The molecule has 1 heterocycles. The maximum atomic E-state index is 5.90. The largest absolute Gasteiger partial charge is 0.369 e. The number of nitrogens with zero attached hydrogens (tertiary/aromatic N) is 3. The van der Waals surface area contributed by atoms with E-state index >= 15 is 0 Å². The number of aryl methyl sites for hydroxylation is 1. The summed E-state index contributed by atoms with van der Waals surface area (Å²) in [5.41, 5.74) is 2.56. The number of aromatic nitrogens is 3. The summed E-state index contributed by atoms with van der Waals surface area (Å²) in [6, 6.07) is 18.3. The molecule has 6 heteroatoms. The molecular formula is C20H22ClN5. The number of anilines is 2. The molecule has 0 aliphatic heterocycles. The molecule has 3 aromatic rings. The summed E-state index contributed by atoms with van der Waals surface area (Å²) in [7, 11) is 0. The second-order valence-electron chi connectivity index (χ2n) is 5.98. The molecule has 0 radical (unpaired) electrons. The van der Waals surface area contributed by atoms with Crippen LogP contribution in [0.1, 0.15) is 17.5 Å². The third-order valence-corrected chi connectivity index (χ3v) is 4.21. The van der Waals surface area contributed by atoms with Crippen molar-refractivity contribution in [2.45, 2.75) is 19.3 Å². The Bertz CT molecular complexity index is 793. The molecule has 0 aliphatic rings. The zero-order valence-corrected chi connectivity index (χ0v) is 15.3. The summed E-state index contributed by atoms with van der Waals surface area (Å²) in [6.07, 6.45) is 4.59. The van der Waals surface area contributed by atoms with Crippen molar-refractivity contribution < 1.29 is 0 Å². The minimum absolute atomic E-state index is 0.534. The first-order valence-corrected chi connectivity index (χ1v) is 9.13. The Morgan fingerprint density at radius 2 is 1.58 bits per heavy atom. The van der Waals surface area contributed by atoms with Crippen LogP contribution in [0.3, 0.4) is 0 Å². The molecule has 0 bridgehead atoms. The minimum atomic E-state index is 0.534. The van der Waals surface area contributed by atoms with E-state index in [4.69, 9.17) is 11.6 Å². The van der Waals surface area contributed by atoms with Crippen LogP contribution in [0.5, 0.6) is 0 Å². The number of hydrogen-bond donors (Lipinski definition) is 2. The van der Waals surface area contributed by atoms with Gasteiger partial charge < -0.3 is 10.6 Å². The maximum absolute atomic E-state index is 5.90. The number of benzene rings is 2. The Morgan fingerprint density at radius 1 is 0.808 bits per heavy atom. The molecule has 0 saturated carbocycles. The molecule has 5 nitrogen and oxygen atoms in total. The van der Waals surface area contributed by atoms with Gasteiger partial charge in [-0.2, -0.15) is 10.1 Å². The quantitative estimate of drug-likeness (QED) is 0.554. The van der Waals surface area contributed by atoms with Gasteiger partial charge in [-0.15, -0.1) is 5.10 Å². The fraction of sp³-hybridized carbons (Fsp3) is 0.250. The first kappa shape index (κ1) is 18.1. The molecule has 134 valence electrons. The fourth-order valence-corrected chi connectivity index (χ4v) is 2.71. The smallest absolute Gasteiger partial charge is 0.244 e. The lowest BCUT2D eigenvalue weighted by atomic mass is 10.1. The lowest BCUT2D eigenvalue weighted by Gasteiger charge is -2.08. The van der Waals surface area contributed by atoms with Crippen LogP contribution in [-0.4, -0.2) is 28.3 Å². The van der Waals surface area contributed by atoms with Crippen LogP contribution >= 0.6 is 11.6 Å². The zero-order valence-electron chi connectivity index (χ0n) is 14.5. The molecule has 0 spiro atoms. The predicted molar refractivity (Wildman–Crippen MR) is 107 cm³/mol. The Morgan fingerprint density at radius 3 is 2.38 bits per heavy atom. The molecule has 2 N–H and O–H groups in total. The van der Waals surface area contributed by atoms with Crippen molar-refractivity contribution in [2.24, 2.45) is 0 Å². The van der Waals surface area contributed by atoms with Crippen LogP contribution in [0.2, 0.25) is 5.02 Å². The number of rotatable bonds is 9. The monoisotopic (exact) mass is 367 g/mol. The summed E-state index contributed by atoms with van der Waals surface area (Å²) >= 11 is 5.90. The van der Waals surface area contributed by atoms with Crippen LogP contribution in [0, 0.1) is 0 Å². The summed E-state index contributed by atoms with van der Waals surface area (Å²) in [4.78, 5) is 4.45. The van der Waals surface area contributed by atoms with Gasteiger partial charge in [0.15, 0.2) is 0 Å². The predicted octanol–water partition coefficient (Wildman–Crippen LogP) is 4.22. The fourth-order valence-electron chi connectivity index (χ4n) is 2.59. The minimum Gasteiger partial charge on any atom is -0.369 e. The highest BCUT2D eigenvalue weighted by Gasteiger charge is 2.01. The van der Waals surface area contributed by atoms with E-state index in [1.807, 2.05) is 30.3 Å². The van der Waals surface area contributed by atoms with E-state index in [2.05, 4.69) is 50.1 Å². The zero-order chi connectivity index (χ0) is 18.0. The highest BCUT2D eigenvalue weighted by Crippen LogP contribution is 2.10. The van der Waals surface area contributed by atoms with Gasteiger partial charge in [-0.1, -0.05) is 54.1 Å². The molecule has 0 amide bonds. The van der Waals surface area contributed by atoms with E-state index in [1.165, 1.54) is 11.1 Å². The van der Waals surface area contributed by atoms with Crippen molar-refractivity contribution >= 4 is 23.4 Å². The molecule has 1 aromatic heterocycles. The Balaban J connectivity index is 1.40. The molecule has 0 aliphatic carbocycles. The van der Waals surface area contributed by atoms with Crippen LogP contribution in [0.15, 0.2) is 60.8 Å². The second-order valence-corrected chi connectivity index (χ2v) is 6.42. The Labute approximate surface area is 158 Å². The Hall–Kier alpha value is -2.66. The molecule has 0 fully saturated rings. The van der Waals surface area contributed by atoms with Crippen molar-refractivity contribution in [3.05, 3.63) is 76.9 Å². The summed E-state index contributed by atoms with van der Waals surface area (Å²) in [6.45, 7) is 1.58. The normalized spacial score (nSPS) is 10.5. The van der Waals surface area contributed by atoms with Crippen LogP contribution in [-0.2, 0) is 12.8 Å². The highest BCUT2D eigenvalue weighted by molar-refractivity contribution is 6.30. The van der Waals surface area contributed by atoms with Gasteiger partial charge in [-0.05, 0) is 42.5 Å². The second kappa shape index (κ2) is 9.73. The van der Waals surface area contributed by atoms with Crippen molar-refractivity contribution in [3.8, 4) is 0 Å².